The minimum atomic E-state index is -1.43. The highest BCUT2D eigenvalue weighted by Crippen LogP contribution is 2.21. The lowest BCUT2D eigenvalue weighted by atomic mass is 10.1. The summed E-state index contributed by atoms with van der Waals surface area (Å²) in [6, 6.07) is 8.67. The van der Waals surface area contributed by atoms with E-state index in [1.165, 1.54) is 12.1 Å². The van der Waals surface area contributed by atoms with Gasteiger partial charge in [0.1, 0.15) is 11.4 Å². The first-order valence-corrected chi connectivity index (χ1v) is 6.78. The maximum atomic E-state index is 13.5. The van der Waals surface area contributed by atoms with Crippen LogP contribution >= 0.6 is 15.9 Å². The molecule has 0 heterocycles. The van der Waals surface area contributed by atoms with Gasteiger partial charge in [-0.15, -0.1) is 0 Å². The molecule has 0 saturated carbocycles. The number of halogens is 2. The summed E-state index contributed by atoms with van der Waals surface area (Å²) in [6.45, 7) is 1.83. The van der Waals surface area contributed by atoms with Crippen LogP contribution in [0.15, 0.2) is 40.9 Å². The quantitative estimate of drug-likeness (QED) is 0.882. The number of carboxylic acids is 1. The first kappa shape index (κ1) is 15.2. The minimum Gasteiger partial charge on any atom is -0.478 e. The van der Waals surface area contributed by atoms with Crippen LogP contribution in [0, 0.1) is 12.7 Å². The molecule has 2 rings (SSSR count). The predicted octanol–water partition coefficient (Wildman–Crippen LogP) is 3.85. The van der Waals surface area contributed by atoms with Crippen molar-refractivity contribution in [3.8, 4) is 0 Å². The zero-order valence-electron chi connectivity index (χ0n) is 11.0. The SMILES string of the molecule is Cc1cc(C(=O)Nc2cccc(F)c2C(=O)O)ccc1Br. The molecule has 2 N–H and O–H groups in total. The molecule has 1 amide bonds. The van der Waals surface area contributed by atoms with Gasteiger partial charge in [0.15, 0.2) is 0 Å². The second-order valence-corrected chi connectivity index (χ2v) is 5.24. The van der Waals surface area contributed by atoms with E-state index in [2.05, 4.69) is 21.2 Å². The molecule has 0 saturated heterocycles. The van der Waals surface area contributed by atoms with Crippen molar-refractivity contribution in [2.24, 2.45) is 0 Å². The van der Waals surface area contributed by atoms with Gasteiger partial charge in [-0.2, -0.15) is 0 Å². The normalized spacial score (nSPS) is 10.2. The third kappa shape index (κ3) is 3.28. The number of carboxylic acid groups (broad SMARTS) is 1. The molecule has 0 aliphatic rings. The molecular weight excluding hydrogens is 341 g/mol. The van der Waals surface area contributed by atoms with Crippen molar-refractivity contribution in [1.29, 1.82) is 0 Å². The topological polar surface area (TPSA) is 66.4 Å². The molecular formula is C15H11BrFNO3. The largest absolute Gasteiger partial charge is 0.478 e. The molecule has 21 heavy (non-hydrogen) atoms. The predicted molar refractivity (Wildman–Crippen MR) is 80.2 cm³/mol. The third-order valence-corrected chi connectivity index (χ3v) is 3.79. The van der Waals surface area contributed by atoms with Crippen LogP contribution < -0.4 is 5.32 Å². The summed E-state index contributed by atoms with van der Waals surface area (Å²) < 4.78 is 14.4. The van der Waals surface area contributed by atoms with E-state index in [4.69, 9.17) is 5.11 Å². The van der Waals surface area contributed by atoms with Crippen LogP contribution in [0.5, 0.6) is 0 Å². The van der Waals surface area contributed by atoms with Gasteiger partial charge in [-0.05, 0) is 42.8 Å². The fourth-order valence-electron chi connectivity index (χ4n) is 1.83. The van der Waals surface area contributed by atoms with Gasteiger partial charge in [0.25, 0.3) is 5.91 Å². The Hall–Kier alpha value is -2.21. The number of hydrogen-bond acceptors (Lipinski definition) is 2. The average molecular weight is 352 g/mol. The fourth-order valence-corrected chi connectivity index (χ4v) is 2.07. The smallest absolute Gasteiger partial charge is 0.340 e. The van der Waals surface area contributed by atoms with Crippen molar-refractivity contribution in [3.05, 3.63) is 63.4 Å². The van der Waals surface area contributed by atoms with Crippen molar-refractivity contribution in [2.75, 3.05) is 5.32 Å². The molecule has 0 aliphatic heterocycles. The number of benzene rings is 2. The Morgan fingerprint density at radius 3 is 2.57 bits per heavy atom. The third-order valence-electron chi connectivity index (χ3n) is 2.90. The summed E-state index contributed by atoms with van der Waals surface area (Å²) in [5.74, 6) is -2.83. The van der Waals surface area contributed by atoms with Crippen molar-refractivity contribution < 1.29 is 19.1 Å². The number of rotatable bonds is 3. The molecule has 0 fully saturated rings. The number of amides is 1. The van der Waals surface area contributed by atoms with E-state index >= 15 is 0 Å². The number of carbonyl (C=O) groups is 2. The molecule has 0 aliphatic carbocycles. The van der Waals surface area contributed by atoms with Crippen molar-refractivity contribution in [3.63, 3.8) is 0 Å². The van der Waals surface area contributed by atoms with Crippen LogP contribution in [0.2, 0.25) is 0 Å². The number of nitrogens with one attached hydrogen (secondary N) is 1. The van der Waals surface area contributed by atoms with Gasteiger partial charge in [0, 0.05) is 10.0 Å². The lowest BCUT2D eigenvalue weighted by Gasteiger charge is -2.10. The summed E-state index contributed by atoms with van der Waals surface area (Å²) in [7, 11) is 0. The van der Waals surface area contributed by atoms with E-state index in [1.54, 1.807) is 18.2 Å². The van der Waals surface area contributed by atoms with Crippen molar-refractivity contribution in [2.45, 2.75) is 6.92 Å². The Balaban J connectivity index is 2.34. The summed E-state index contributed by atoms with van der Waals surface area (Å²) in [6.07, 6.45) is 0. The van der Waals surface area contributed by atoms with E-state index in [0.717, 1.165) is 16.1 Å². The Morgan fingerprint density at radius 1 is 1.24 bits per heavy atom. The lowest BCUT2D eigenvalue weighted by molar-refractivity contribution is 0.0693. The molecule has 0 spiro atoms. The van der Waals surface area contributed by atoms with Crippen LogP contribution in [-0.2, 0) is 0 Å². The molecule has 0 bridgehead atoms. The second-order valence-electron chi connectivity index (χ2n) is 4.39. The lowest BCUT2D eigenvalue weighted by Crippen LogP contribution is -2.16. The summed E-state index contributed by atoms with van der Waals surface area (Å²) >= 11 is 3.33. The highest BCUT2D eigenvalue weighted by atomic mass is 79.9. The van der Waals surface area contributed by atoms with Crippen LogP contribution in [0.1, 0.15) is 26.3 Å². The van der Waals surface area contributed by atoms with E-state index in [1.807, 2.05) is 6.92 Å². The highest BCUT2D eigenvalue weighted by molar-refractivity contribution is 9.10. The zero-order valence-corrected chi connectivity index (χ0v) is 12.6. The van der Waals surface area contributed by atoms with E-state index in [0.29, 0.717) is 5.56 Å². The number of anilines is 1. The standard InChI is InChI=1S/C15H11BrFNO3/c1-8-7-9(5-6-10(8)16)14(19)18-12-4-2-3-11(17)13(12)15(20)21/h2-7H,1H3,(H,18,19)(H,20,21). The Labute approximate surface area is 128 Å². The summed E-state index contributed by atoms with van der Waals surface area (Å²) in [5, 5.41) is 11.4. The molecule has 0 aromatic heterocycles. The van der Waals surface area contributed by atoms with Crippen LogP contribution in [0.4, 0.5) is 10.1 Å². The number of aromatic carboxylic acids is 1. The maximum absolute atomic E-state index is 13.5. The van der Waals surface area contributed by atoms with Gasteiger partial charge in [0.2, 0.25) is 0 Å². The van der Waals surface area contributed by atoms with Crippen LogP contribution in [0.25, 0.3) is 0 Å². The fraction of sp³-hybridized carbons (Fsp3) is 0.0667. The van der Waals surface area contributed by atoms with Crippen molar-refractivity contribution >= 4 is 33.5 Å². The average Bonchev–Trinajstić information content (AvgIpc) is 2.41. The molecule has 2 aromatic carbocycles. The molecule has 108 valence electrons. The molecule has 2 aromatic rings. The first-order valence-electron chi connectivity index (χ1n) is 5.99. The van der Waals surface area contributed by atoms with E-state index in [9.17, 15) is 14.0 Å². The first-order chi connectivity index (χ1) is 9.90. The van der Waals surface area contributed by atoms with Gasteiger partial charge < -0.3 is 10.4 Å². The zero-order chi connectivity index (χ0) is 15.6. The van der Waals surface area contributed by atoms with Crippen LogP contribution in [0.3, 0.4) is 0 Å². The molecule has 0 atom stereocenters. The monoisotopic (exact) mass is 351 g/mol. The van der Waals surface area contributed by atoms with Gasteiger partial charge in [-0.25, -0.2) is 9.18 Å². The van der Waals surface area contributed by atoms with Gasteiger partial charge in [-0.1, -0.05) is 22.0 Å². The Kier molecular flexibility index (Phi) is 4.37. The van der Waals surface area contributed by atoms with Gasteiger partial charge in [-0.3, -0.25) is 4.79 Å². The van der Waals surface area contributed by atoms with Crippen molar-refractivity contribution in [1.82, 2.24) is 0 Å². The number of hydrogen-bond donors (Lipinski definition) is 2. The second kappa shape index (κ2) is 6.05. The molecule has 6 heteroatoms. The highest BCUT2D eigenvalue weighted by Gasteiger charge is 2.18. The van der Waals surface area contributed by atoms with Gasteiger partial charge in [0.05, 0.1) is 5.69 Å². The summed E-state index contributed by atoms with van der Waals surface area (Å²) in [4.78, 5) is 23.2. The maximum Gasteiger partial charge on any atom is 0.340 e. The van der Waals surface area contributed by atoms with E-state index in [-0.39, 0.29) is 5.69 Å². The molecule has 0 unspecified atom stereocenters. The number of carbonyl (C=O) groups excluding carboxylic acids is 1. The number of aryl methyl sites for hydroxylation is 1. The van der Waals surface area contributed by atoms with Gasteiger partial charge >= 0.3 is 5.97 Å². The minimum absolute atomic E-state index is 0.0759. The van der Waals surface area contributed by atoms with Crippen LogP contribution in [-0.4, -0.2) is 17.0 Å². The van der Waals surface area contributed by atoms with E-state index < -0.39 is 23.3 Å². The summed E-state index contributed by atoms with van der Waals surface area (Å²) in [5.41, 5.74) is 0.587. The molecule has 0 radical (unpaired) electrons. The Bertz CT molecular complexity index is 731. The Morgan fingerprint density at radius 2 is 1.95 bits per heavy atom. The molecule has 4 nitrogen and oxygen atoms in total.